The van der Waals surface area contributed by atoms with Crippen LogP contribution in [0, 0.1) is 6.92 Å². The van der Waals surface area contributed by atoms with Crippen LogP contribution < -0.4 is 14.8 Å². The number of hydrogen-bond acceptors (Lipinski definition) is 4. The molecule has 7 heteroatoms. The number of amides is 1. The number of methoxy groups -OCH3 is 1. The lowest BCUT2D eigenvalue weighted by atomic mass is 10.1. The van der Waals surface area contributed by atoms with E-state index in [9.17, 15) is 4.79 Å². The van der Waals surface area contributed by atoms with E-state index in [1.807, 2.05) is 14.0 Å². The zero-order chi connectivity index (χ0) is 19.4. The van der Waals surface area contributed by atoms with Gasteiger partial charge in [-0.25, -0.2) is 0 Å². The maximum Gasteiger partial charge on any atom is 0.255 e. The number of rotatable bonds is 6. The van der Waals surface area contributed by atoms with E-state index in [2.05, 4.69) is 10.4 Å². The summed E-state index contributed by atoms with van der Waals surface area (Å²) in [6.45, 7) is 2.15. The Morgan fingerprint density at radius 3 is 2.59 bits per heavy atom. The molecule has 0 saturated heterocycles. The molecule has 0 radical (unpaired) electrons. The first kappa shape index (κ1) is 18.8. The molecule has 27 heavy (non-hydrogen) atoms. The number of carbonyl (C=O) groups excluding carboxylic acids is 1. The molecule has 0 saturated carbocycles. The molecule has 0 spiro atoms. The minimum Gasteiger partial charge on any atom is -0.496 e. The molecule has 0 bridgehead atoms. The molecule has 0 unspecified atom stereocenters. The second-order valence-corrected chi connectivity index (χ2v) is 6.43. The second kappa shape index (κ2) is 8.14. The molecule has 1 aromatic heterocycles. The summed E-state index contributed by atoms with van der Waals surface area (Å²) in [5, 5.41) is 7.65. The Morgan fingerprint density at radius 1 is 1.22 bits per heavy atom. The maximum absolute atomic E-state index is 12.6. The molecule has 0 aliphatic heterocycles. The molecule has 0 aliphatic carbocycles. The van der Waals surface area contributed by atoms with Crippen molar-refractivity contribution >= 4 is 23.2 Å². The first-order valence-corrected chi connectivity index (χ1v) is 8.71. The molecule has 140 valence electrons. The van der Waals surface area contributed by atoms with Crippen molar-refractivity contribution in [2.75, 3.05) is 12.4 Å². The highest BCUT2D eigenvalue weighted by molar-refractivity contribution is 6.30. The topological polar surface area (TPSA) is 65.4 Å². The van der Waals surface area contributed by atoms with Crippen LogP contribution in [0.25, 0.3) is 0 Å². The van der Waals surface area contributed by atoms with Gasteiger partial charge in [-0.05, 0) is 49.4 Å². The standard InChI is InChI=1S/C20H20ClN3O3/c1-13-18(11-22-24(13)2)23-20(25)14-4-9-19(26-3)15(10-14)12-27-17-7-5-16(21)6-8-17/h4-11H,12H2,1-3H3,(H,23,25). The van der Waals surface area contributed by atoms with Crippen LogP contribution in [0.1, 0.15) is 21.6 Å². The number of hydrogen-bond donors (Lipinski definition) is 1. The van der Waals surface area contributed by atoms with Crippen LogP contribution in [-0.2, 0) is 13.7 Å². The van der Waals surface area contributed by atoms with Gasteiger partial charge >= 0.3 is 0 Å². The number of halogens is 1. The highest BCUT2D eigenvalue weighted by Gasteiger charge is 2.13. The minimum atomic E-state index is -0.221. The number of aryl methyl sites for hydroxylation is 1. The summed E-state index contributed by atoms with van der Waals surface area (Å²) in [6.07, 6.45) is 1.63. The van der Waals surface area contributed by atoms with Gasteiger partial charge in [0, 0.05) is 23.2 Å². The Kier molecular flexibility index (Phi) is 5.66. The third-order valence-corrected chi connectivity index (χ3v) is 4.49. The van der Waals surface area contributed by atoms with Crippen molar-refractivity contribution in [3.8, 4) is 11.5 Å². The summed E-state index contributed by atoms with van der Waals surface area (Å²) in [5.41, 5.74) is 2.83. The molecule has 0 aliphatic rings. The highest BCUT2D eigenvalue weighted by Crippen LogP contribution is 2.24. The maximum atomic E-state index is 12.6. The van der Waals surface area contributed by atoms with Crippen molar-refractivity contribution in [3.05, 3.63) is 70.5 Å². The molecule has 0 atom stereocenters. The SMILES string of the molecule is COc1ccc(C(=O)Nc2cnn(C)c2C)cc1COc1ccc(Cl)cc1. The Bertz CT molecular complexity index is 952. The zero-order valence-electron chi connectivity index (χ0n) is 15.3. The predicted octanol–water partition coefficient (Wildman–Crippen LogP) is 4.22. The van der Waals surface area contributed by atoms with Gasteiger partial charge in [-0.2, -0.15) is 5.10 Å². The first-order chi connectivity index (χ1) is 13.0. The molecule has 1 amide bonds. The van der Waals surface area contributed by atoms with Crippen molar-refractivity contribution in [1.82, 2.24) is 9.78 Å². The quantitative estimate of drug-likeness (QED) is 0.689. The van der Waals surface area contributed by atoms with Gasteiger partial charge in [0.05, 0.1) is 24.7 Å². The number of carbonyl (C=O) groups is 1. The first-order valence-electron chi connectivity index (χ1n) is 8.33. The Balaban J connectivity index is 1.76. The number of benzene rings is 2. The van der Waals surface area contributed by atoms with E-state index in [1.165, 1.54) is 0 Å². The van der Waals surface area contributed by atoms with Gasteiger partial charge in [0.15, 0.2) is 0 Å². The van der Waals surface area contributed by atoms with Crippen LogP contribution in [0.5, 0.6) is 11.5 Å². The Morgan fingerprint density at radius 2 is 1.96 bits per heavy atom. The molecular formula is C20H20ClN3O3. The number of nitrogens with one attached hydrogen (secondary N) is 1. The molecule has 3 rings (SSSR count). The Labute approximate surface area is 162 Å². The number of anilines is 1. The zero-order valence-corrected chi connectivity index (χ0v) is 16.1. The third-order valence-electron chi connectivity index (χ3n) is 4.23. The molecule has 3 aromatic rings. The van der Waals surface area contributed by atoms with Crippen molar-refractivity contribution in [2.45, 2.75) is 13.5 Å². The lowest BCUT2D eigenvalue weighted by Gasteiger charge is -2.12. The van der Waals surface area contributed by atoms with Gasteiger partial charge in [-0.1, -0.05) is 11.6 Å². The van der Waals surface area contributed by atoms with E-state index in [0.717, 1.165) is 11.3 Å². The van der Waals surface area contributed by atoms with Crippen LogP contribution in [-0.4, -0.2) is 22.8 Å². The van der Waals surface area contributed by atoms with E-state index in [-0.39, 0.29) is 12.5 Å². The number of aromatic nitrogens is 2. The van der Waals surface area contributed by atoms with Crippen LogP contribution in [0.4, 0.5) is 5.69 Å². The van der Waals surface area contributed by atoms with Crippen molar-refractivity contribution in [1.29, 1.82) is 0 Å². The van der Waals surface area contributed by atoms with Crippen molar-refractivity contribution in [2.24, 2.45) is 7.05 Å². The smallest absolute Gasteiger partial charge is 0.255 e. The van der Waals surface area contributed by atoms with Crippen LogP contribution in [0.15, 0.2) is 48.7 Å². The molecule has 1 N–H and O–H groups in total. The molecular weight excluding hydrogens is 366 g/mol. The van der Waals surface area contributed by atoms with Gasteiger partial charge in [-0.3, -0.25) is 9.48 Å². The average Bonchev–Trinajstić information content (AvgIpc) is 2.99. The average molecular weight is 386 g/mol. The fourth-order valence-electron chi connectivity index (χ4n) is 2.54. The second-order valence-electron chi connectivity index (χ2n) is 5.99. The van der Waals surface area contributed by atoms with Crippen LogP contribution >= 0.6 is 11.6 Å². The largest absolute Gasteiger partial charge is 0.496 e. The number of nitrogens with zero attached hydrogens (tertiary/aromatic N) is 2. The highest BCUT2D eigenvalue weighted by atomic mass is 35.5. The molecule has 0 fully saturated rings. The van der Waals surface area contributed by atoms with Gasteiger partial charge in [0.25, 0.3) is 5.91 Å². The summed E-state index contributed by atoms with van der Waals surface area (Å²) < 4.78 is 12.9. The molecule has 6 nitrogen and oxygen atoms in total. The van der Waals surface area contributed by atoms with Gasteiger partial charge in [0.1, 0.15) is 18.1 Å². The fourth-order valence-corrected chi connectivity index (χ4v) is 2.67. The lowest BCUT2D eigenvalue weighted by molar-refractivity contribution is 0.102. The van der Waals surface area contributed by atoms with E-state index in [1.54, 1.807) is 60.5 Å². The summed E-state index contributed by atoms with van der Waals surface area (Å²) in [4.78, 5) is 12.6. The predicted molar refractivity (Wildman–Crippen MR) is 105 cm³/mol. The van der Waals surface area contributed by atoms with E-state index in [0.29, 0.717) is 27.8 Å². The van der Waals surface area contributed by atoms with Crippen molar-refractivity contribution in [3.63, 3.8) is 0 Å². The summed E-state index contributed by atoms with van der Waals surface area (Å²) >= 11 is 5.89. The lowest BCUT2D eigenvalue weighted by Crippen LogP contribution is -2.13. The Hall–Kier alpha value is -2.99. The van der Waals surface area contributed by atoms with Gasteiger partial charge in [-0.15, -0.1) is 0 Å². The van der Waals surface area contributed by atoms with Crippen LogP contribution in [0.2, 0.25) is 5.02 Å². The van der Waals surface area contributed by atoms with Gasteiger partial charge in [0.2, 0.25) is 0 Å². The van der Waals surface area contributed by atoms with Crippen molar-refractivity contribution < 1.29 is 14.3 Å². The molecule has 2 aromatic carbocycles. The monoisotopic (exact) mass is 385 g/mol. The molecule has 1 heterocycles. The summed E-state index contributed by atoms with van der Waals surface area (Å²) in [6, 6.07) is 12.3. The van der Waals surface area contributed by atoms with E-state index in [4.69, 9.17) is 21.1 Å². The van der Waals surface area contributed by atoms with E-state index >= 15 is 0 Å². The number of ether oxygens (including phenoxy) is 2. The van der Waals surface area contributed by atoms with Crippen LogP contribution in [0.3, 0.4) is 0 Å². The fraction of sp³-hybridized carbons (Fsp3) is 0.200. The normalized spacial score (nSPS) is 10.5. The third kappa shape index (κ3) is 4.41. The summed E-state index contributed by atoms with van der Waals surface area (Å²) in [7, 11) is 3.41. The summed E-state index contributed by atoms with van der Waals surface area (Å²) in [5.74, 6) is 1.11. The van der Waals surface area contributed by atoms with Gasteiger partial charge < -0.3 is 14.8 Å². The minimum absolute atomic E-state index is 0.221. The van der Waals surface area contributed by atoms with E-state index < -0.39 is 0 Å².